The molecule has 18 heavy (non-hydrogen) atoms. The summed E-state index contributed by atoms with van der Waals surface area (Å²) in [5.41, 5.74) is 6.20. The lowest BCUT2D eigenvalue weighted by Gasteiger charge is -2.19. The van der Waals surface area contributed by atoms with Crippen molar-refractivity contribution >= 4 is 11.5 Å². The van der Waals surface area contributed by atoms with Crippen LogP contribution in [0.4, 0.5) is 11.5 Å². The fourth-order valence-corrected chi connectivity index (χ4v) is 1.79. The Labute approximate surface area is 107 Å². The Morgan fingerprint density at radius 2 is 1.94 bits per heavy atom. The standard InChI is InChI=1S/C14H18N4/c1-11-3-5-12(6-4-11)10-18(2)13-7-8-16-14(9-13)17-15/h3-9H,10,15H2,1-2H3,(H,16,17). The second-order valence-corrected chi connectivity index (χ2v) is 4.39. The lowest BCUT2D eigenvalue weighted by atomic mass is 10.1. The molecule has 0 radical (unpaired) electrons. The van der Waals surface area contributed by atoms with Crippen molar-refractivity contribution in [1.29, 1.82) is 0 Å². The van der Waals surface area contributed by atoms with Crippen molar-refractivity contribution in [3.8, 4) is 0 Å². The first kappa shape index (κ1) is 12.4. The van der Waals surface area contributed by atoms with Crippen LogP contribution in [-0.4, -0.2) is 12.0 Å². The van der Waals surface area contributed by atoms with Gasteiger partial charge in [0.15, 0.2) is 0 Å². The fourth-order valence-electron chi connectivity index (χ4n) is 1.79. The van der Waals surface area contributed by atoms with E-state index >= 15 is 0 Å². The first-order chi connectivity index (χ1) is 8.69. The minimum atomic E-state index is 0.670. The summed E-state index contributed by atoms with van der Waals surface area (Å²) >= 11 is 0. The summed E-state index contributed by atoms with van der Waals surface area (Å²) in [6.07, 6.45) is 1.75. The summed E-state index contributed by atoms with van der Waals surface area (Å²) in [6, 6.07) is 12.4. The maximum atomic E-state index is 5.36. The van der Waals surface area contributed by atoms with Gasteiger partial charge in [0.1, 0.15) is 5.82 Å². The average molecular weight is 242 g/mol. The molecular formula is C14H18N4. The van der Waals surface area contributed by atoms with Crippen LogP contribution in [0.1, 0.15) is 11.1 Å². The molecule has 4 nitrogen and oxygen atoms in total. The van der Waals surface area contributed by atoms with Crippen molar-refractivity contribution in [3.05, 3.63) is 53.7 Å². The monoisotopic (exact) mass is 242 g/mol. The highest BCUT2D eigenvalue weighted by atomic mass is 15.2. The molecule has 3 N–H and O–H groups in total. The maximum Gasteiger partial charge on any atom is 0.141 e. The maximum absolute atomic E-state index is 5.36. The van der Waals surface area contributed by atoms with Gasteiger partial charge in [-0.15, -0.1) is 0 Å². The van der Waals surface area contributed by atoms with Gasteiger partial charge < -0.3 is 10.3 Å². The number of aryl methyl sites for hydroxylation is 1. The Hall–Kier alpha value is -2.07. The van der Waals surface area contributed by atoms with E-state index in [1.54, 1.807) is 6.20 Å². The van der Waals surface area contributed by atoms with E-state index in [9.17, 15) is 0 Å². The zero-order valence-electron chi connectivity index (χ0n) is 10.7. The highest BCUT2D eigenvalue weighted by Gasteiger charge is 2.03. The Bertz CT molecular complexity index is 507. The molecule has 0 aliphatic carbocycles. The van der Waals surface area contributed by atoms with Crippen molar-refractivity contribution < 1.29 is 0 Å². The molecule has 0 fully saturated rings. The second kappa shape index (κ2) is 5.51. The highest BCUT2D eigenvalue weighted by molar-refractivity contribution is 5.53. The molecule has 0 saturated heterocycles. The predicted octanol–water partition coefficient (Wildman–Crippen LogP) is 2.31. The Morgan fingerprint density at radius 1 is 1.22 bits per heavy atom. The largest absolute Gasteiger partial charge is 0.370 e. The van der Waals surface area contributed by atoms with Gasteiger partial charge in [0.2, 0.25) is 0 Å². The Kier molecular flexibility index (Phi) is 3.79. The van der Waals surface area contributed by atoms with Gasteiger partial charge in [0.05, 0.1) is 0 Å². The van der Waals surface area contributed by atoms with Gasteiger partial charge in [-0.2, -0.15) is 0 Å². The molecule has 1 heterocycles. The summed E-state index contributed by atoms with van der Waals surface area (Å²) in [7, 11) is 2.05. The van der Waals surface area contributed by atoms with Gasteiger partial charge in [0, 0.05) is 31.5 Å². The normalized spacial score (nSPS) is 10.2. The predicted molar refractivity (Wildman–Crippen MR) is 75.3 cm³/mol. The van der Waals surface area contributed by atoms with E-state index in [0.29, 0.717) is 5.82 Å². The van der Waals surface area contributed by atoms with E-state index in [0.717, 1.165) is 12.2 Å². The second-order valence-electron chi connectivity index (χ2n) is 4.39. The van der Waals surface area contributed by atoms with Gasteiger partial charge in [-0.05, 0) is 18.6 Å². The van der Waals surface area contributed by atoms with Crippen molar-refractivity contribution in [2.75, 3.05) is 17.4 Å². The molecule has 4 heteroatoms. The minimum Gasteiger partial charge on any atom is -0.370 e. The fraction of sp³-hybridized carbons (Fsp3) is 0.214. The van der Waals surface area contributed by atoms with Crippen LogP contribution in [0.3, 0.4) is 0 Å². The third-order valence-electron chi connectivity index (χ3n) is 2.87. The van der Waals surface area contributed by atoms with Crippen LogP contribution in [0.15, 0.2) is 42.6 Å². The van der Waals surface area contributed by atoms with Gasteiger partial charge in [-0.1, -0.05) is 29.8 Å². The van der Waals surface area contributed by atoms with Gasteiger partial charge >= 0.3 is 0 Å². The van der Waals surface area contributed by atoms with Crippen molar-refractivity contribution in [2.45, 2.75) is 13.5 Å². The molecule has 0 bridgehead atoms. The van der Waals surface area contributed by atoms with Gasteiger partial charge in [-0.3, -0.25) is 0 Å². The molecule has 0 aliphatic heterocycles. The van der Waals surface area contributed by atoms with Gasteiger partial charge in [0.25, 0.3) is 0 Å². The lowest BCUT2D eigenvalue weighted by molar-refractivity contribution is 0.920. The summed E-state index contributed by atoms with van der Waals surface area (Å²) in [6.45, 7) is 2.95. The van der Waals surface area contributed by atoms with Crippen LogP contribution in [0.2, 0.25) is 0 Å². The number of rotatable bonds is 4. The van der Waals surface area contributed by atoms with E-state index in [1.165, 1.54) is 11.1 Å². The minimum absolute atomic E-state index is 0.670. The average Bonchev–Trinajstić information content (AvgIpc) is 2.41. The molecule has 0 unspecified atom stereocenters. The number of hydrogen-bond donors (Lipinski definition) is 2. The number of hydrogen-bond acceptors (Lipinski definition) is 4. The third-order valence-corrected chi connectivity index (χ3v) is 2.87. The van der Waals surface area contributed by atoms with Crippen molar-refractivity contribution in [1.82, 2.24) is 4.98 Å². The lowest BCUT2D eigenvalue weighted by Crippen LogP contribution is -2.17. The molecule has 0 saturated carbocycles. The number of pyridine rings is 1. The molecule has 94 valence electrons. The number of hydrazine groups is 1. The van der Waals surface area contributed by atoms with E-state index in [1.807, 2.05) is 12.1 Å². The number of nitrogens with one attached hydrogen (secondary N) is 1. The van der Waals surface area contributed by atoms with Crippen LogP contribution in [-0.2, 0) is 6.54 Å². The van der Waals surface area contributed by atoms with E-state index in [-0.39, 0.29) is 0 Å². The number of nitrogen functional groups attached to an aromatic ring is 1. The summed E-state index contributed by atoms with van der Waals surface area (Å²) in [4.78, 5) is 6.26. The molecule has 0 spiro atoms. The van der Waals surface area contributed by atoms with Crippen molar-refractivity contribution in [3.63, 3.8) is 0 Å². The number of nitrogens with two attached hydrogens (primary N) is 1. The van der Waals surface area contributed by atoms with Crippen LogP contribution in [0, 0.1) is 6.92 Å². The molecule has 1 aromatic heterocycles. The molecule has 0 atom stereocenters. The number of anilines is 2. The summed E-state index contributed by atoms with van der Waals surface area (Å²) in [5, 5.41) is 0. The zero-order chi connectivity index (χ0) is 13.0. The third kappa shape index (κ3) is 2.99. The molecule has 1 aromatic carbocycles. The molecule has 2 aromatic rings. The van der Waals surface area contributed by atoms with Crippen LogP contribution < -0.4 is 16.2 Å². The topological polar surface area (TPSA) is 54.2 Å². The quantitative estimate of drug-likeness (QED) is 0.638. The number of benzene rings is 1. The zero-order valence-corrected chi connectivity index (χ0v) is 10.7. The number of nitrogens with zero attached hydrogens (tertiary/aromatic N) is 2. The number of aromatic nitrogens is 1. The van der Waals surface area contributed by atoms with Gasteiger partial charge in [-0.25, -0.2) is 10.8 Å². The Morgan fingerprint density at radius 3 is 2.61 bits per heavy atom. The molecule has 0 amide bonds. The summed E-state index contributed by atoms with van der Waals surface area (Å²) < 4.78 is 0. The SMILES string of the molecule is Cc1ccc(CN(C)c2ccnc(NN)c2)cc1. The van der Waals surface area contributed by atoms with Crippen molar-refractivity contribution in [2.24, 2.45) is 5.84 Å². The smallest absolute Gasteiger partial charge is 0.141 e. The first-order valence-corrected chi connectivity index (χ1v) is 5.88. The van der Waals surface area contributed by atoms with E-state index < -0.39 is 0 Å². The van der Waals surface area contributed by atoms with Crippen LogP contribution in [0.25, 0.3) is 0 Å². The van der Waals surface area contributed by atoms with Crippen LogP contribution in [0.5, 0.6) is 0 Å². The first-order valence-electron chi connectivity index (χ1n) is 5.88. The Balaban J connectivity index is 2.11. The molecule has 0 aliphatic rings. The van der Waals surface area contributed by atoms with Crippen LogP contribution >= 0.6 is 0 Å². The van der Waals surface area contributed by atoms with E-state index in [4.69, 9.17) is 5.84 Å². The summed E-state index contributed by atoms with van der Waals surface area (Å²) in [5.74, 6) is 6.03. The van der Waals surface area contributed by atoms with E-state index in [2.05, 4.69) is 53.5 Å². The molecule has 2 rings (SSSR count). The molecular weight excluding hydrogens is 224 g/mol. The highest BCUT2D eigenvalue weighted by Crippen LogP contribution is 2.17.